The summed E-state index contributed by atoms with van der Waals surface area (Å²) in [4.78, 5) is 14.4. The first kappa shape index (κ1) is 20.8. The molecule has 6 nitrogen and oxygen atoms in total. The number of ether oxygens (including phenoxy) is 1. The van der Waals surface area contributed by atoms with E-state index < -0.39 is 11.7 Å². The van der Waals surface area contributed by atoms with Crippen LogP contribution in [0.25, 0.3) is 0 Å². The first-order valence-corrected chi connectivity index (χ1v) is 9.45. The van der Waals surface area contributed by atoms with Crippen molar-refractivity contribution in [3.63, 3.8) is 0 Å². The highest BCUT2D eigenvalue weighted by atomic mass is 79.9. The van der Waals surface area contributed by atoms with Gasteiger partial charge in [0.15, 0.2) is 0 Å². The lowest BCUT2D eigenvalue weighted by Crippen LogP contribution is -2.32. The first-order chi connectivity index (χ1) is 13.1. The van der Waals surface area contributed by atoms with Gasteiger partial charge >= 0.3 is 5.57 Å². The normalized spacial score (nSPS) is 19.6. The van der Waals surface area contributed by atoms with Crippen LogP contribution in [0.4, 0.5) is 20.2 Å². The number of benzene rings is 2. The fraction of sp³-hybridized carbons (Fsp3) is 0.278. The van der Waals surface area contributed by atoms with Crippen molar-refractivity contribution in [1.82, 2.24) is 0 Å². The lowest BCUT2D eigenvalue weighted by atomic mass is 10.1. The Morgan fingerprint density at radius 3 is 2.50 bits per heavy atom. The highest BCUT2D eigenvalue weighted by Gasteiger charge is 2.29. The number of alkyl halides is 3. The quantitative estimate of drug-likeness (QED) is 0.576. The zero-order valence-electron chi connectivity index (χ0n) is 14.4. The third-order valence-corrected chi connectivity index (χ3v) is 4.94. The van der Waals surface area contributed by atoms with Crippen LogP contribution in [0, 0.1) is 0 Å². The van der Waals surface area contributed by atoms with E-state index in [-0.39, 0.29) is 17.7 Å². The van der Waals surface area contributed by atoms with E-state index in [1.165, 1.54) is 24.3 Å². The molecule has 0 bridgehead atoms. The average Bonchev–Trinajstić information content (AvgIpc) is 2.94. The third-order valence-electron chi connectivity index (χ3n) is 4.23. The number of nitrogens with zero attached hydrogens (tertiary/aromatic N) is 1. The molecule has 3 rings (SSSR count). The Morgan fingerprint density at radius 1 is 1.29 bits per heavy atom. The van der Waals surface area contributed by atoms with E-state index in [9.17, 15) is 18.7 Å². The molecule has 1 saturated heterocycles. The number of hydrogen-bond donors (Lipinski definition) is 3. The number of halogens is 4. The van der Waals surface area contributed by atoms with E-state index >= 15 is 0 Å². The summed E-state index contributed by atoms with van der Waals surface area (Å²) in [6.07, 6.45) is -0.597. The van der Waals surface area contributed by atoms with Crippen LogP contribution in [-0.2, 0) is 0 Å². The SMILES string of the molecule is NC1CN(c2ccc(C(=O)Nc3ccc(OC(F)(F)Cl)cc3)cc2Br)CC1O. The van der Waals surface area contributed by atoms with Crippen LogP contribution >= 0.6 is 27.5 Å². The highest BCUT2D eigenvalue weighted by Crippen LogP contribution is 2.30. The van der Waals surface area contributed by atoms with Gasteiger partial charge in [-0.25, -0.2) is 0 Å². The zero-order valence-corrected chi connectivity index (χ0v) is 16.8. The van der Waals surface area contributed by atoms with Crippen molar-refractivity contribution in [2.75, 3.05) is 23.3 Å². The molecule has 1 amide bonds. The molecule has 0 saturated carbocycles. The van der Waals surface area contributed by atoms with Crippen molar-refractivity contribution in [3.05, 3.63) is 52.5 Å². The summed E-state index contributed by atoms with van der Waals surface area (Å²) in [6.45, 7) is 0.933. The summed E-state index contributed by atoms with van der Waals surface area (Å²) >= 11 is 8.15. The summed E-state index contributed by atoms with van der Waals surface area (Å²) in [5, 5.41) is 12.5. The molecule has 1 aliphatic rings. The monoisotopic (exact) mass is 475 g/mol. The van der Waals surface area contributed by atoms with Gasteiger partial charge in [-0.15, -0.1) is 8.78 Å². The maximum atomic E-state index is 12.6. The van der Waals surface area contributed by atoms with E-state index in [0.29, 0.717) is 28.8 Å². The van der Waals surface area contributed by atoms with Crippen molar-refractivity contribution in [2.45, 2.75) is 17.7 Å². The Balaban J connectivity index is 1.67. The number of carbonyl (C=O) groups excluding carboxylic acids is 1. The molecule has 10 heteroatoms. The summed E-state index contributed by atoms with van der Waals surface area (Å²) in [7, 11) is 0. The molecule has 0 aromatic heterocycles. The van der Waals surface area contributed by atoms with Gasteiger partial charge in [-0.3, -0.25) is 4.79 Å². The van der Waals surface area contributed by atoms with Gasteiger partial charge in [-0.05, 0) is 58.4 Å². The van der Waals surface area contributed by atoms with E-state index in [2.05, 4.69) is 26.0 Å². The predicted molar refractivity (Wildman–Crippen MR) is 106 cm³/mol. The minimum Gasteiger partial charge on any atom is -0.420 e. The molecular weight excluding hydrogens is 460 g/mol. The molecule has 0 radical (unpaired) electrons. The summed E-state index contributed by atoms with van der Waals surface area (Å²) in [5.41, 5.74) is 3.67. The Kier molecular flexibility index (Phi) is 6.09. The van der Waals surface area contributed by atoms with Crippen LogP contribution in [-0.4, -0.2) is 41.8 Å². The number of β-amino-alcohol motifs (C(OH)–C–C–N with tert-alkyl or cyclic N) is 1. The molecule has 150 valence electrons. The number of hydrogen-bond acceptors (Lipinski definition) is 5. The van der Waals surface area contributed by atoms with Gasteiger partial charge in [-0.1, -0.05) is 0 Å². The second kappa shape index (κ2) is 8.20. The molecule has 1 fully saturated rings. The number of anilines is 2. The van der Waals surface area contributed by atoms with Crippen molar-refractivity contribution < 1.29 is 23.4 Å². The largest absolute Gasteiger partial charge is 0.487 e. The lowest BCUT2D eigenvalue weighted by molar-refractivity contribution is -0.0964. The van der Waals surface area contributed by atoms with E-state index in [4.69, 9.17) is 17.3 Å². The number of aliphatic hydroxyl groups excluding tert-OH is 1. The molecule has 1 heterocycles. The van der Waals surface area contributed by atoms with Gasteiger partial charge in [0.2, 0.25) is 0 Å². The van der Waals surface area contributed by atoms with Crippen LogP contribution in [0.1, 0.15) is 10.4 Å². The topological polar surface area (TPSA) is 87.8 Å². The van der Waals surface area contributed by atoms with Crippen molar-refractivity contribution >= 4 is 44.8 Å². The number of amides is 1. The van der Waals surface area contributed by atoms with Crippen LogP contribution in [0.2, 0.25) is 0 Å². The van der Waals surface area contributed by atoms with Crippen molar-refractivity contribution in [1.29, 1.82) is 0 Å². The Labute approximate surface area is 173 Å². The molecule has 2 aromatic rings. The fourth-order valence-electron chi connectivity index (χ4n) is 2.86. The van der Waals surface area contributed by atoms with Crippen LogP contribution in [0.3, 0.4) is 0 Å². The van der Waals surface area contributed by atoms with Gasteiger partial charge in [0.25, 0.3) is 5.91 Å². The van der Waals surface area contributed by atoms with Crippen molar-refractivity contribution in [3.8, 4) is 5.75 Å². The second-order valence-corrected chi connectivity index (χ2v) is 7.62. The highest BCUT2D eigenvalue weighted by molar-refractivity contribution is 9.10. The summed E-state index contributed by atoms with van der Waals surface area (Å²) in [5.74, 6) is -0.502. The minimum absolute atomic E-state index is 0.129. The fourth-order valence-corrected chi connectivity index (χ4v) is 3.58. The number of aliphatic hydroxyl groups is 1. The Hall–Kier alpha value is -1.94. The molecule has 28 heavy (non-hydrogen) atoms. The molecule has 4 N–H and O–H groups in total. The number of nitrogens with two attached hydrogens (primary N) is 1. The molecule has 1 aliphatic heterocycles. The van der Waals surface area contributed by atoms with E-state index in [1.54, 1.807) is 18.2 Å². The average molecular weight is 477 g/mol. The predicted octanol–water partition coefficient (Wildman–Crippen LogP) is 3.38. The standard InChI is InChI=1S/C18H17BrClF2N3O3/c19-13-7-10(1-6-15(13)25-8-14(23)16(26)9-25)17(27)24-11-2-4-12(5-3-11)28-18(20,21)22/h1-7,14,16,26H,8-9,23H2,(H,24,27). The van der Waals surface area contributed by atoms with Crippen LogP contribution in [0.15, 0.2) is 46.9 Å². The molecule has 0 spiro atoms. The Bertz CT molecular complexity index is 854. The molecule has 0 aliphatic carbocycles. The maximum Gasteiger partial charge on any atom is 0.487 e. The first-order valence-electron chi connectivity index (χ1n) is 8.28. The van der Waals surface area contributed by atoms with Gasteiger partial charge in [-0.2, -0.15) is 0 Å². The molecule has 2 unspecified atom stereocenters. The summed E-state index contributed by atoms with van der Waals surface area (Å²) in [6, 6.07) is 10.1. The van der Waals surface area contributed by atoms with Crippen LogP contribution in [0.5, 0.6) is 5.75 Å². The molecule has 2 aromatic carbocycles. The van der Waals surface area contributed by atoms with Crippen molar-refractivity contribution in [2.24, 2.45) is 5.73 Å². The smallest absolute Gasteiger partial charge is 0.420 e. The van der Waals surface area contributed by atoms with Gasteiger partial charge in [0, 0.05) is 46.5 Å². The zero-order chi connectivity index (χ0) is 20.5. The van der Waals surface area contributed by atoms with E-state index in [0.717, 1.165) is 5.69 Å². The molecular formula is C18H17BrClF2N3O3. The number of nitrogens with one attached hydrogen (secondary N) is 1. The van der Waals surface area contributed by atoms with E-state index in [1.807, 2.05) is 4.90 Å². The van der Waals surface area contributed by atoms with Crippen LogP contribution < -0.4 is 20.7 Å². The number of carbonyl (C=O) groups is 1. The Morgan fingerprint density at radius 2 is 1.96 bits per heavy atom. The second-order valence-electron chi connectivity index (χ2n) is 6.33. The maximum absolute atomic E-state index is 12.6. The minimum atomic E-state index is -3.80. The molecule has 2 atom stereocenters. The lowest BCUT2D eigenvalue weighted by Gasteiger charge is -2.20. The number of rotatable bonds is 5. The van der Waals surface area contributed by atoms with Gasteiger partial charge in [0.1, 0.15) is 5.75 Å². The summed E-state index contributed by atoms with van der Waals surface area (Å²) < 4.78 is 30.1. The third kappa shape index (κ3) is 5.11. The van der Waals surface area contributed by atoms with Gasteiger partial charge < -0.3 is 25.8 Å². The van der Waals surface area contributed by atoms with Gasteiger partial charge in [0.05, 0.1) is 11.8 Å².